The minimum absolute atomic E-state index is 0.238. The van der Waals surface area contributed by atoms with E-state index in [1.165, 1.54) is 20.0 Å². The Morgan fingerprint density at radius 2 is 1.96 bits per heavy atom. The Balaban J connectivity index is 1.98. The highest BCUT2D eigenvalue weighted by molar-refractivity contribution is 7.92. The van der Waals surface area contributed by atoms with Crippen LogP contribution in [0, 0.1) is 13.8 Å². The number of hydrogen-bond donors (Lipinski definition) is 0. The Kier molecular flexibility index (Phi) is 3.29. The van der Waals surface area contributed by atoms with Gasteiger partial charge in [0.05, 0.1) is 11.4 Å². The number of hydrogen-bond acceptors (Lipinski definition) is 5. The van der Waals surface area contributed by atoms with Crippen molar-refractivity contribution < 1.29 is 8.42 Å². The van der Waals surface area contributed by atoms with Crippen LogP contribution < -0.4 is 9.86 Å². The minimum atomic E-state index is -3.96. The van der Waals surface area contributed by atoms with Crippen molar-refractivity contribution in [2.45, 2.75) is 25.2 Å². The molecule has 24 heavy (non-hydrogen) atoms. The zero-order valence-electron chi connectivity index (χ0n) is 13.2. The number of sulfonamides is 1. The van der Waals surface area contributed by atoms with Crippen LogP contribution in [0.4, 0.5) is 5.69 Å². The molecule has 0 spiro atoms. The number of nitrogens with zero attached hydrogens (tertiary/aromatic N) is 3. The van der Waals surface area contributed by atoms with E-state index in [4.69, 9.17) is 0 Å². The van der Waals surface area contributed by atoms with Crippen LogP contribution >= 0.6 is 11.3 Å². The summed E-state index contributed by atoms with van der Waals surface area (Å²) in [6, 6.07) is 7.37. The topological polar surface area (TPSA) is 71.8 Å². The maximum atomic E-state index is 13.2. The molecule has 0 radical (unpaired) electrons. The molecule has 3 aromatic rings. The fourth-order valence-electron chi connectivity index (χ4n) is 3.13. The third-order valence-corrected chi connectivity index (χ3v) is 7.15. The zero-order chi connectivity index (χ0) is 17.1. The molecule has 4 rings (SSSR count). The monoisotopic (exact) mass is 361 g/mol. The maximum absolute atomic E-state index is 13.2. The largest absolute Gasteiger partial charge is 0.279 e. The third-order valence-electron chi connectivity index (χ3n) is 4.26. The summed E-state index contributed by atoms with van der Waals surface area (Å²) in [6.07, 6.45) is 0.642. The van der Waals surface area contributed by atoms with E-state index in [0.29, 0.717) is 29.3 Å². The van der Waals surface area contributed by atoms with Gasteiger partial charge >= 0.3 is 0 Å². The Hall–Kier alpha value is -2.19. The van der Waals surface area contributed by atoms with Gasteiger partial charge in [0.25, 0.3) is 15.6 Å². The van der Waals surface area contributed by atoms with Crippen LogP contribution in [0.5, 0.6) is 0 Å². The number of rotatable bonds is 2. The molecule has 2 aromatic heterocycles. The predicted octanol–water partition coefficient (Wildman–Crippen LogP) is 2.12. The highest BCUT2D eigenvalue weighted by Gasteiger charge is 2.35. The molecule has 3 heterocycles. The molecule has 0 fully saturated rings. The van der Waals surface area contributed by atoms with Gasteiger partial charge in [-0.25, -0.2) is 13.4 Å². The van der Waals surface area contributed by atoms with Crippen LogP contribution in [0.1, 0.15) is 17.0 Å². The number of anilines is 1. The molecule has 0 saturated heterocycles. The number of fused-ring (bicyclic) bond motifs is 2. The van der Waals surface area contributed by atoms with Crippen molar-refractivity contribution in [3.63, 3.8) is 0 Å². The fraction of sp³-hybridized carbons (Fsp3) is 0.250. The van der Waals surface area contributed by atoms with E-state index in [0.717, 1.165) is 5.56 Å². The number of aryl methyl sites for hydroxylation is 2. The lowest BCUT2D eigenvalue weighted by Gasteiger charge is -2.20. The molecular weight excluding hydrogens is 346 g/mol. The SMILES string of the molecule is Cc1nc2scc(C)n2c(=O)c1S(=O)(=O)N1CCc2ccccc21. The van der Waals surface area contributed by atoms with E-state index in [2.05, 4.69) is 4.98 Å². The molecule has 0 bridgehead atoms. The summed E-state index contributed by atoms with van der Waals surface area (Å²) in [5, 5.41) is 1.80. The lowest BCUT2D eigenvalue weighted by molar-refractivity contribution is 0.589. The summed E-state index contributed by atoms with van der Waals surface area (Å²) in [4.78, 5) is 17.5. The molecule has 124 valence electrons. The Bertz CT molecular complexity index is 1130. The first-order valence-corrected chi connectivity index (χ1v) is 9.81. The van der Waals surface area contributed by atoms with Gasteiger partial charge in [0.15, 0.2) is 9.86 Å². The first-order chi connectivity index (χ1) is 11.4. The van der Waals surface area contributed by atoms with Gasteiger partial charge in [-0.15, -0.1) is 11.3 Å². The van der Waals surface area contributed by atoms with E-state index < -0.39 is 15.6 Å². The van der Waals surface area contributed by atoms with Crippen LogP contribution in [0.2, 0.25) is 0 Å². The number of para-hydroxylation sites is 1. The van der Waals surface area contributed by atoms with Crippen LogP contribution in [0.3, 0.4) is 0 Å². The summed E-state index contributed by atoms with van der Waals surface area (Å²) < 4.78 is 29.1. The average molecular weight is 361 g/mol. The molecular formula is C16H15N3O3S2. The molecule has 0 unspecified atom stereocenters. The second-order valence-electron chi connectivity index (χ2n) is 5.78. The van der Waals surface area contributed by atoms with Crippen LogP contribution in [-0.2, 0) is 16.4 Å². The van der Waals surface area contributed by atoms with Gasteiger partial charge in [0, 0.05) is 17.6 Å². The molecule has 1 aromatic carbocycles. The molecule has 0 N–H and O–H groups in total. The average Bonchev–Trinajstić information content (AvgIpc) is 3.11. The standard InChI is InChI=1S/C16H15N3O3S2/c1-10-9-23-16-17-11(2)14(15(20)19(10)16)24(21,22)18-8-7-12-5-3-4-6-13(12)18/h3-6,9H,7-8H2,1-2H3. The summed E-state index contributed by atoms with van der Waals surface area (Å²) in [6.45, 7) is 3.68. The van der Waals surface area contributed by atoms with Crippen LogP contribution in [-0.4, -0.2) is 24.3 Å². The van der Waals surface area contributed by atoms with E-state index in [9.17, 15) is 13.2 Å². The van der Waals surface area contributed by atoms with Gasteiger partial charge in [-0.2, -0.15) is 0 Å². The van der Waals surface area contributed by atoms with Crippen molar-refractivity contribution in [3.8, 4) is 0 Å². The molecule has 0 aliphatic carbocycles. The van der Waals surface area contributed by atoms with E-state index in [1.807, 2.05) is 12.1 Å². The van der Waals surface area contributed by atoms with Crippen LogP contribution in [0.25, 0.3) is 4.96 Å². The van der Waals surface area contributed by atoms with Gasteiger partial charge in [0.2, 0.25) is 0 Å². The van der Waals surface area contributed by atoms with Gasteiger partial charge in [-0.1, -0.05) is 18.2 Å². The highest BCUT2D eigenvalue weighted by atomic mass is 32.2. The van der Waals surface area contributed by atoms with Crippen LogP contribution in [0.15, 0.2) is 39.3 Å². The number of aromatic nitrogens is 2. The quantitative estimate of drug-likeness (QED) is 0.701. The van der Waals surface area contributed by atoms with Gasteiger partial charge in [0.1, 0.15) is 0 Å². The predicted molar refractivity (Wildman–Crippen MR) is 93.5 cm³/mol. The van der Waals surface area contributed by atoms with E-state index in [-0.39, 0.29) is 10.6 Å². The number of benzene rings is 1. The summed E-state index contributed by atoms with van der Waals surface area (Å²) in [7, 11) is -3.96. The van der Waals surface area contributed by atoms with Gasteiger partial charge in [-0.05, 0) is 31.9 Å². The molecule has 0 atom stereocenters. The van der Waals surface area contributed by atoms with Crippen molar-refractivity contribution in [2.75, 3.05) is 10.8 Å². The second kappa shape index (κ2) is 5.15. The molecule has 6 nitrogen and oxygen atoms in total. The lowest BCUT2D eigenvalue weighted by atomic mass is 10.2. The smallest absolute Gasteiger partial charge is 0.267 e. The maximum Gasteiger partial charge on any atom is 0.279 e. The molecule has 1 aliphatic rings. The third kappa shape index (κ3) is 2.03. The summed E-state index contributed by atoms with van der Waals surface area (Å²) in [5.41, 5.74) is 2.01. The summed E-state index contributed by atoms with van der Waals surface area (Å²) in [5.74, 6) is 0. The molecule has 0 saturated carbocycles. The first-order valence-electron chi connectivity index (χ1n) is 7.49. The van der Waals surface area contributed by atoms with Crippen molar-refractivity contribution in [2.24, 2.45) is 0 Å². The fourth-order valence-corrected chi connectivity index (χ4v) is 5.76. The van der Waals surface area contributed by atoms with Gasteiger partial charge in [-0.3, -0.25) is 13.5 Å². The van der Waals surface area contributed by atoms with Crippen molar-refractivity contribution in [3.05, 3.63) is 57.0 Å². The molecule has 8 heteroatoms. The molecule has 0 amide bonds. The Morgan fingerprint density at radius 1 is 1.21 bits per heavy atom. The lowest BCUT2D eigenvalue weighted by Crippen LogP contribution is -2.35. The Labute approximate surface area is 143 Å². The second-order valence-corrected chi connectivity index (χ2v) is 8.42. The zero-order valence-corrected chi connectivity index (χ0v) is 14.8. The highest BCUT2D eigenvalue weighted by Crippen LogP contribution is 2.32. The van der Waals surface area contributed by atoms with E-state index >= 15 is 0 Å². The first kappa shape index (κ1) is 15.3. The van der Waals surface area contributed by atoms with Gasteiger partial charge < -0.3 is 0 Å². The summed E-state index contributed by atoms with van der Waals surface area (Å²) >= 11 is 1.33. The van der Waals surface area contributed by atoms with Crippen molar-refractivity contribution in [1.29, 1.82) is 0 Å². The molecule has 1 aliphatic heterocycles. The Morgan fingerprint density at radius 3 is 2.75 bits per heavy atom. The number of thiazole rings is 1. The van der Waals surface area contributed by atoms with Crippen molar-refractivity contribution >= 4 is 32.0 Å². The normalized spacial score (nSPS) is 14.3. The van der Waals surface area contributed by atoms with Crippen molar-refractivity contribution in [1.82, 2.24) is 9.38 Å². The minimum Gasteiger partial charge on any atom is -0.267 e. The van der Waals surface area contributed by atoms with E-state index in [1.54, 1.807) is 31.4 Å².